The van der Waals surface area contributed by atoms with Crippen molar-refractivity contribution in [2.75, 3.05) is 12.4 Å². The molecule has 0 aliphatic carbocycles. The van der Waals surface area contributed by atoms with Gasteiger partial charge in [-0.1, -0.05) is 11.8 Å². The maximum absolute atomic E-state index is 10.7. The summed E-state index contributed by atoms with van der Waals surface area (Å²) in [5.41, 5.74) is 0.720. The van der Waals surface area contributed by atoms with Crippen molar-refractivity contribution >= 4 is 17.7 Å². The van der Waals surface area contributed by atoms with Gasteiger partial charge in [0.05, 0.1) is 18.6 Å². The molecule has 0 saturated carbocycles. The number of ether oxygens (including phenoxy) is 1. The molecule has 0 bridgehead atoms. The molecule has 3 heterocycles. The zero-order valence-corrected chi connectivity index (χ0v) is 13.7. The molecule has 0 amide bonds. The number of carbonyl (C=O) groups is 1. The second-order valence-electron chi connectivity index (χ2n) is 5.27. The Morgan fingerprint density at radius 3 is 3.04 bits per heavy atom. The first-order valence-electron chi connectivity index (χ1n) is 7.58. The Labute approximate surface area is 137 Å². The van der Waals surface area contributed by atoms with Crippen molar-refractivity contribution < 1.29 is 14.6 Å². The standard InChI is InChI=1S/C14H19N5O3S/c1-2-18-6-5-11(17-18)13-15-16-14(23-9-12(20)21)19(13)8-10-4-3-7-22-10/h5-6,10H,2-4,7-9H2,1H3,(H,20,21)/p-1/t10-/m0/s1. The van der Waals surface area contributed by atoms with Crippen LogP contribution in [0.2, 0.25) is 0 Å². The number of thioether (sulfide) groups is 1. The summed E-state index contributed by atoms with van der Waals surface area (Å²) in [5, 5.41) is 24.0. The molecule has 124 valence electrons. The summed E-state index contributed by atoms with van der Waals surface area (Å²) in [6.45, 7) is 4.13. The summed E-state index contributed by atoms with van der Waals surface area (Å²) in [7, 11) is 0. The number of carbonyl (C=O) groups excluding carboxylic acids is 1. The number of aliphatic carboxylic acids is 1. The van der Waals surface area contributed by atoms with E-state index in [0.717, 1.165) is 43.4 Å². The molecule has 3 rings (SSSR count). The van der Waals surface area contributed by atoms with Crippen molar-refractivity contribution in [1.82, 2.24) is 24.5 Å². The molecule has 0 unspecified atom stereocenters. The third kappa shape index (κ3) is 3.73. The molecular weight excluding hydrogens is 318 g/mol. The molecule has 2 aromatic rings. The van der Waals surface area contributed by atoms with Gasteiger partial charge in [0.1, 0.15) is 5.69 Å². The monoisotopic (exact) mass is 336 g/mol. The molecule has 0 N–H and O–H groups in total. The zero-order chi connectivity index (χ0) is 16.2. The van der Waals surface area contributed by atoms with Crippen molar-refractivity contribution in [3.05, 3.63) is 12.3 Å². The van der Waals surface area contributed by atoms with Crippen LogP contribution in [0.25, 0.3) is 11.5 Å². The second-order valence-corrected chi connectivity index (χ2v) is 6.21. The van der Waals surface area contributed by atoms with E-state index in [0.29, 0.717) is 17.5 Å². The first-order valence-corrected chi connectivity index (χ1v) is 8.57. The number of rotatable bonds is 7. The van der Waals surface area contributed by atoms with Gasteiger partial charge in [-0.25, -0.2) is 0 Å². The van der Waals surface area contributed by atoms with Crippen molar-refractivity contribution in [2.24, 2.45) is 0 Å². The zero-order valence-electron chi connectivity index (χ0n) is 12.8. The summed E-state index contributed by atoms with van der Waals surface area (Å²) in [6, 6.07) is 1.88. The number of carboxylic acids is 1. The maximum Gasteiger partial charge on any atom is 0.191 e. The van der Waals surface area contributed by atoms with Crippen molar-refractivity contribution in [2.45, 2.75) is 44.1 Å². The minimum Gasteiger partial charge on any atom is -0.549 e. The van der Waals surface area contributed by atoms with E-state index in [9.17, 15) is 9.90 Å². The highest BCUT2D eigenvalue weighted by Gasteiger charge is 2.22. The molecule has 1 aliphatic heterocycles. The molecule has 1 atom stereocenters. The molecule has 0 radical (unpaired) electrons. The quantitative estimate of drug-likeness (QED) is 0.665. The van der Waals surface area contributed by atoms with E-state index in [1.807, 2.05) is 28.4 Å². The predicted molar refractivity (Wildman–Crippen MR) is 81.6 cm³/mol. The Morgan fingerprint density at radius 1 is 1.52 bits per heavy atom. The Bertz CT molecular complexity index is 678. The minimum atomic E-state index is -1.13. The van der Waals surface area contributed by atoms with Crippen LogP contribution in [0.5, 0.6) is 0 Å². The van der Waals surface area contributed by atoms with Gasteiger partial charge in [-0.05, 0) is 25.8 Å². The van der Waals surface area contributed by atoms with Crippen LogP contribution in [0.4, 0.5) is 0 Å². The van der Waals surface area contributed by atoms with Gasteiger partial charge in [-0.15, -0.1) is 10.2 Å². The van der Waals surface area contributed by atoms with Gasteiger partial charge in [-0.2, -0.15) is 5.10 Å². The highest BCUT2D eigenvalue weighted by molar-refractivity contribution is 7.99. The van der Waals surface area contributed by atoms with Gasteiger partial charge in [0.2, 0.25) is 0 Å². The first kappa shape index (κ1) is 16.0. The highest BCUT2D eigenvalue weighted by Crippen LogP contribution is 2.25. The summed E-state index contributed by atoms with van der Waals surface area (Å²) in [4.78, 5) is 10.7. The molecule has 8 nitrogen and oxygen atoms in total. The fourth-order valence-electron chi connectivity index (χ4n) is 2.52. The normalized spacial score (nSPS) is 17.7. The molecule has 2 aromatic heterocycles. The fraction of sp³-hybridized carbons (Fsp3) is 0.571. The second kappa shape index (κ2) is 7.14. The molecule has 0 aromatic carbocycles. The Morgan fingerprint density at radius 2 is 2.39 bits per heavy atom. The average Bonchev–Trinajstić information content (AvgIpc) is 3.26. The van der Waals surface area contributed by atoms with Gasteiger partial charge in [0, 0.05) is 25.1 Å². The lowest BCUT2D eigenvalue weighted by atomic mass is 10.2. The Balaban J connectivity index is 1.88. The van der Waals surface area contributed by atoms with Crippen LogP contribution in [-0.4, -0.2) is 49.0 Å². The third-order valence-corrected chi connectivity index (χ3v) is 4.58. The number of carboxylic acid groups (broad SMARTS) is 1. The predicted octanol–water partition coefficient (Wildman–Crippen LogP) is 0.182. The van der Waals surface area contributed by atoms with E-state index in [1.54, 1.807) is 0 Å². The van der Waals surface area contributed by atoms with E-state index < -0.39 is 5.97 Å². The van der Waals surface area contributed by atoms with Crippen molar-refractivity contribution in [1.29, 1.82) is 0 Å². The van der Waals surface area contributed by atoms with Crippen molar-refractivity contribution in [3.8, 4) is 11.5 Å². The van der Waals surface area contributed by atoms with Crippen LogP contribution < -0.4 is 5.11 Å². The van der Waals surface area contributed by atoms with Gasteiger partial charge < -0.3 is 14.6 Å². The lowest BCUT2D eigenvalue weighted by Gasteiger charge is -2.14. The molecule has 1 saturated heterocycles. The number of aromatic nitrogens is 5. The number of aryl methyl sites for hydroxylation is 1. The number of nitrogens with zero attached hydrogens (tertiary/aromatic N) is 5. The summed E-state index contributed by atoms with van der Waals surface area (Å²) >= 11 is 1.10. The van der Waals surface area contributed by atoms with Crippen LogP contribution in [0, 0.1) is 0 Å². The first-order chi connectivity index (χ1) is 11.2. The SMILES string of the molecule is CCn1ccc(-c2nnc(SCC(=O)[O-])n2C[C@@H]2CCCO2)n1. The van der Waals surface area contributed by atoms with Gasteiger partial charge in [-0.3, -0.25) is 9.25 Å². The van der Waals surface area contributed by atoms with Gasteiger partial charge >= 0.3 is 0 Å². The molecule has 1 aliphatic rings. The third-order valence-electron chi connectivity index (χ3n) is 3.64. The van der Waals surface area contributed by atoms with Crippen LogP contribution >= 0.6 is 11.8 Å². The van der Waals surface area contributed by atoms with Crippen LogP contribution in [0.15, 0.2) is 17.4 Å². The smallest absolute Gasteiger partial charge is 0.191 e. The lowest BCUT2D eigenvalue weighted by Crippen LogP contribution is -2.24. The topological polar surface area (TPSA) is 97.9 Å². The summed E-state index contributed by atoms with van der Waals surface area (Å²) in [5.74, 6) is -0.653. The fourth-order valence-corrected chi connectivity index (χ4v) is 3.18. The van der Waals surface area contributed by atoms with E-state index in [4.69, 9.17) is 4.74 Å². The maximum atomic E-state index is 10.7. The average molecular weight is 336 g/mol. The van der Waals surface area contributed by atoms with Gasteiger partial charge in [0.15, 0.2) is 11.0 Å². The molecule has 1 fully saturated rings. The van der Waals surface area contributed by atoms with Crippen LogP contribution in [0.1, 0.15) is 19.8 Å². The molecule has 9 heteroatoms. The lowest BCUT2D eigenvalue weighted by molar-refractivity contribution is -0.301. The van der Waals surface area contributed by atoms with Crippen LogP contribution in [0.3, 0.4) is 0 Å². The Hall–Kier alpha value is -1.87. The van der Waals surface area contributed by atoms with E-state index in [-0.39, 0.29) is 11.9 Å². The van der Waals surface area contributed by atoms with E-state index in [2.05, 4.69) is 15.3 Å². The van der Waals surface area contributed by atoms with Crippen LogP contribution in [-0.2, 0) is 22.6 Å². The molecule has 0 spiro atoms. The van der Waals surface area contributed by atoms with E-state index >= 15 is 0 Å². The summed E-state index contributed by atoms with van der Waals surface area (Å²) in [6.07, 6.45) is 3.99. The Kier molecular flexibility index (Phi) is 4.97. The number of hydrogen-bond acceptors (Lipinski definition) is 7. The minimum absolute atomic E-state index is 0.0975. The van der Waals surface area contributed by atoms with Gasteiger partial charge in [0.25, 0.3) is 0 Å². The summed E-state index contributed by atoms with van der Waals surface area (Å²) < 4.78 is 9.39. The van der Waals surface area contributed by atoms with Crippen molar-refractivity contribution in [3.63, 3.8) is 0 Å². The van der Waals surface area contributed by atoms with E-state index in [1.165, 1.54) is 0 Å². The number of hydrogen-bond donors (Lipinski definition) is 0. The molecule has 23 heavy (non-hydrogen) atoms. The molecular formula is C14H18N5O3S-. The highest BCUT2D eigenvalue weighted by atomic mass is 32.2. The largest absolute Gasteiger partial charge is 0.549 e.